The minimum Gasteiger partial charge on any atom is -0.366 e. The molecule has 1 aromatic carbocycles. The normalized spacial score (nSPS) is 19.4. The fraction of sp³-hybridized carbons (Fsp3) is 0.500. The van der Waals surface area contributed by atoms with Gasteiger partial charge in [0.2, 0.25) is 16.0 Å². The van der Waals surface area contributed by atoms with E-state index in [2.05, 4.69) is 60.8 Å². The zero-order valence-corrected chi connectivity index (χ0v) is 20.2. The number of nitrogens with two attached hydrogens (primary N) is 1. The lowest BCUT2D eigenvalue weighted by Gasteiger charge is -2.30. The van der Waals surface area contributed by atoms with E-state index in [1.54, 1.807) is 18.3 Å². The smallest absolute Gasteiger partial charge is 0.238 e. The Hall–Kier alpha value is -1.79. The van der Waals surface area contributed by atoms with Gasteiger partial charge in [0.15, 0.2) is 0 Å². The Morgan fingerprint density at radius 2 is 1.77 bits per heavy atom. The van der Waals surface area contributed by atoms with E-state index in [1.165, 1.54) is 12.1 Å². The van der Waals surface area contributed by atoms with E-state index in [-0.39, 0.29) is 4.90 Å². The van der Waals surface area contributed by atoms with Gasteiger partial charge < -0.3 is 20.9 Å². The van der Waals surface area contributed by atoms with Crippen LogP contribution in [0.1, 0.15) is 25.7 Å². The molecule has 0 aliphatic heterocycles. The van der Waals surface area contributed by atoms with Crippen LogP contribution in [-0.2, 0) is 10.0 Å². The fourth-order valence-corrected chi connectivity index (χ4v) is 4.33. The van der Waals surface area contributed by atoms with E-state index in [9.17, 15) is 8.42 Å². The third-order valence-corrected chi connectivity index (χ3v) is 6.75. The second-order valence-electron chi connectivity index (χ2n) is 8.03. The average molecular weight is 512 g/mol. The molecule has 1 aliphatic carbocycles. The summed E-state index contributed by atoms with van der Waals surface area (Å²) in [6.07, 6.45) is 6.12. The number of halogens is 1. The molecule has 2 aromatic rings. The fourth-order valence-electron chi connectivity index (χ4n) is 3.51. The highest BCUT2D eigenvalue weighted by atomic mass is 79.9. The molecular weight excluding hydrogens is 482 g/mol. The maximum Gasteiger partial charge on any atom is 0.238 e. The van der Waals surface area contributed by atoms with E-state index >= 15 is 0 Å². The van der Waals surface area contributed by atoms with Gasteiger partial charge in [0.1, 0.15) is 5.82 Å². The molecular formula is C20H30BrN7O2S. The molecule has 170 valence electrons. The Morgan fingerprint density at radius 3 is 2.39 bits per heavy atom. The first-order valence-corrected chi connectivity index (χ1v) is 12.6. The van der Waals surface area contributed by atoms with Crippen molar-refractivity contribution >= 4 is 43.4 Å². The Kier molecular flexibility index (Phi) is 8.23. The van der Waals surface area contributed by atoms with E-state index < -0.39 is 10.0 Å². The molecule has 3 rings (SSSR count). The summed E-state index contributed by atoms with van der Waals surface area (Å²) in [4.78, 5) is 11.1. The van der Waals surface area contributed by atoms with Crippen molar-refractivity contribution in [1.82, 2.24) is 20.2 Å². The molecule has 1 aliphatic rings. The number of benzene rings is 1. The molecule has 9 nitrogen and oxygen atoms in total. The third kappa shape index (κ3) is 7.39. The van der Waals surface area contributed by atoms with Crippen LogP contribution >= 0.6 is 15.9 Å². The van der Waals surface area contributed by atoms with Crippen LogP contribution in [0.15, 0.2) is 39.8 Å². The summed E-state index contributed by atoms with van der Waals surface area (Å²) in [5, 5.41) is 15.4. The van der Waals surface area contributed by atoms with Gasteiger partial charge in [-0.1, -0.05) is 0 Å². The molecule has 5 N–H and O–H groups in total. The Balaban J connectivity index is 1.55. The highest BCUT2D eigenvalue weighted by molar-refractivity contribution is 9.10. The summed E-state index contributed by atoms with van der Waals surface area (Å²) in [6.45, 7) is 2.06. The van der Waals surface area contributed by atoms with Gasteiger partial charge in [-0.2, -0.15) is 4.98 Å². The van der Waals surface area contributed by atoms with E-state index in [1.807, 2.05) is 0 Å². The van der Waals surface area contributed by atoms with Gasteiger partial charge in [0, 0.05) is 37.1 Å². The number of sulfonamides is 1. The standard InChI is InChI=1S/C20H30BrN7O2S/c1-28(2)12-11-23-14-3-5-15(6-4-14)25-19-18(21)13-24-20(27-19)26-16-7-9-17(10-8-16)31(22,29)30/h7-10,13-15,23H,3-6,11-12H2,1-2H3,(H2,22,29,30)(H2,24,25,26,27). The van der Waals surface area contributed by atoms with Crippen LogP contribution in [0.5, 0.6) is 0 Å². The highest BCUT2D eigenvalue weighted by Crippen LogP contribution is 2.27. The zero-order chi connectivity index (χ0) is 22.4. The number of primary sulfonamides is 1. The summed E-state index contributed by atoms with van der Waals surface area (Å²) >= 11 is 3.52. The quantitative estimate of drug-likeness (QED) is 0.404. The predicted octanol–water partition coefficient (Wildman–Crippen LogP) is 2.50. The minimum absolute atomic E-state index is 0.0592. The molecule has 31 heavy (non-hydrogen) atoms. The largest absolute Gasteiger partial charge is 0.366 e. The topological polar surface area (TPSA) is 125 Å². The summed E-state index contributed by atoms with van der Waals surface area (Å²) in [6, 6.07) is 7.08. The van der Waals surface area contributed by atoms with Crippen molar-refractivity contribution in [3.63, 3.8) is 0 Å². The minimum atomic E-state index is -3.72. The Labute approximate surface area is 192 Å². The first-order valence-electron chi connectivity index (χ1n) is 10.3. The van der Waals surface area contributed by atoms with Crippen molar-refractivity contribution in [3.8, 4) is 0 Å². The predicted molar refractivity (Wildman–Crippen MR) is 127 cm³/mol. The molecule has 1 heterocycles. The zero-order valence-electron chi connectivity index (χ0n) is 17.8. The Bertz CT molecular complexity index is 962. The molecule has 0 atom stereocenters. The monoisotopic (exact) mass is 511 g/mol. The molecule has 0 saturated heterocycles. The first-order chi connectivity index (χ1) is 14.7. The van der Waals surface area contributed by atoms with Crippen LogP contribution in [0.3, 0.4) is 0 Å². The van der Waals surface area contributed by atoms with Crippen molar-refractivity contribution in [1.29, 1.82) is 0 Å². The molecule has 1 aromatic heterocycles. The maximum absolute atomic E-state index is 11.4. The van der Waals surface area contributed by atoms with E-state index in [0.29, 0.717) is 23.7 Å². The van der Waals surface area contributed by atoms with Crippen molar-refractivity contribution in [2.24, 2.45) is 5.14 Å². The van der Waals surface area contributed by atoms with Gasteiger partial charge in [0.05, 0.1) is 9.37 Å². The second-order valence-corrected chi connectivity index (χ2v) is 10.5. The van der Waals surface area contributed by atoms with Crippen LogP contribution in [-0.4, -0.2) is 62.6 Å². The van der Waals surface area contributed by atoms with Gasteiger partial charge in [-0.25, -0.2) is 18.5 Å². The lowest BCUT2D eigenvalue weighted by molar-refractivity contribution is 0.328. The van der Waals surface area contributed by atoms with Crippen molar-refractivity contribution < 1.29 is 8.42 Å². The third-order valence-electron chi connectivity index (χ3n) is 5.24. The van der Waals surface area contributed by atoms with Crippen LogP contribution in [0, 0.1) is 0 Å². The summed E-state index contributed by atoms with van der Waals surface area (Å²) in [5.41, 5.74) is 0.671. The molecule has 0 amide bonds. The van der Waals surface area contributed by atoms with Crippen molar-refractivity contribution in [3.05, 3.63) is 34.9 Å². The molecule has 1 saturated carbocycles. The number of rotatable bonds is 9. The van der Waals surface area contributed by atoms with E-state index in [4.69, 9.17) is 5.14 Å². The first kappa shape index (κ1) is 23.9. The molecule has 0 unspecified atom stereocenters. The maximum atomic E-state index is 11.4. The Morgan fingerprint density at radius 1 is 1.13 bits per heavy atom. The van der Waals surface area contributed by atoms with Gasteiger partial charge in [-0.05, 0) is 80.0 Å². The van der Waals surface area contributed by atoms with Gasteiger partial charge in [-0.15, -0.1) is 0 Å². The highest BCUT2D eigenvalue weighted by Gasteiger charge is 2.22. The lowest BCUT2D eigenvalue weighted by atomic mass is 9.91. The number of aromatic nitrogens is 2. The van der Waals surface area contributed by atoms with Crippen LogP contribution in [0.4, 0.5) is 17.5 Å². The van der Waals surface area contributed by atoms with Gasteiger partial charge in [-0.3, -0.25) is 0 Å². The number of likely N-dealkylation sites (N-methyl/N-ethyl adjacent to an activating group) is 1. The van der Waals surface area contributed by atoms with Crippen molar-refractivity contribution in [2.45, 2.75) is 42.7 Å². The molecule has 1 fully saturated rings. The lowest BCUT2D eigenvalue weighted by Crippen LogP contribution is -2.39. The molecule has 0 bridgehead atoms. The van der Waals surface area contributed by atoms with Crippen LogP contribution < -0.4 is 21.1 Å². The average Bonchev–Trinajstić information content (AvgIpc) is 2.71. The molecule has 0 spiro atoms. The number of hydrogen-bond donors (Lipinski definition) is 4. The summed E-state index contributed by atoms with van der Waals surface area (Å²) in [7, 11) is 0.460. The number of nitrogens with one attached hydrogen (secondary N) is 3. The number of anilines is 3. The van der Waals surface area contributed by atoms with Crippen LogP contribution in [0.2, 0.25) is 0 Å². The summed E-state index contributed by atoms with van der Waals surface area (Å²) < 4.78 is 23.6. The van der Waals surface area contributed by atoms with Gasteiger partial charge in [0.25, 0.3) is 0 Å². The summed E-state index contributed by atoms with van der Waals surface area (Å²) in [5.74, 6) is 1.16. The SMILES string of the molecule is CN(C)CCNC1CCC(Nc2nc(Nc3ccc(S(N)(=O)=O)cc3)ncc2Br)CC1. The number of hydrogen-bond acceptors (Lipinski definition) is 8. The van der Waals surface area contributed by atoms with E-state index in [0.717, 1.165) is 49.1 Å². The number of nitrogens with zero attached hydrogens (tertiary/aromatic N) is 3. The second kappa shape index (κ2) is 10.7. The molecule has 11 heteroatoms. The molecule has 0 radical (unpaired) electrons. The van der Waals surface area contributed by atoms with Crippen molar-refractivity contribution in [2.75, 3.05) is 37.8 Å². The van der Waals surface area contributed by atoms with Gasteiger partial charge >= 0.3 is 0 Å². The van der Waals surface area contributed by atoms with Crippen LogP contribution in [0.25, 0.3) is 0 Å².